The molecule has 1 N–H and O–H groups in total. The number of ether oxygens (including phenoxy) is 2. The summed E-state index contributed by atoms with van der Waals surface area (Å²) in [6.45, 7) is 2.42. The standard InChI is InChI=1S/C22H24N4O2/c1-27-19-10-17-8-9-26(14-18(17)11-20(19)28-2)22-12-21(24-15-25-22)23-13-16-6-4-3-5-7-16/h3-7,10-12,15H,8-9,13-14H2,1-2H3,(H,23,24,25). The molecule has 144 valence electrons. The smallest absolute Gasteiger partial charge is 0.161 e. The average Bonchev–Trinajstić information content (AvgIpc) is 2.77. The molecule has 28 heavy (non-hydrogen) atoms. The van der Waals surface area contributed by atoms with Gasteiger partial charge in [0, 0.05) is 25.7 Å². The molecule has 2 heterocycles. The van der Waals surface area contributed by atoms with E-state index in [1.807, 2.05) is 24.3 Å². The molecule has 0 bridgehead atoms. The molecular formula is C22H24N4O2. The Balaban J connectivity index is 1.49. The van der Waals surface area contributed by atoms with Crippen LogP contribution in [0.1, 0.15) is 16.7 Å². The van der Waals surface area contributed by atoms with E-state index in [2.05, 4.69) is 44.5 Å². The van der Waals surface area contributed by atoms with Crippen molar-refractivity contribution >= 4 is 11.6 Å². The Labute approximate surface area is 165 Å². The maximum Gasteiger partial charge on any atom is 0.161 e. The van der Waals surface area contributed by atoms with Crippen molar-refractivity contribution in [2.24, 2.45) is 0 Å². The molecule has 1 aliphatic rings. The van der Waals surface area contributed by atoms with E-state index < -0.39 is 0 Å². The topological polar surface area (TPSA) is 59.5 Å². The Bertz CT molecular complexity index is 947. The fourth-order valence-electron chi connectivity index (χ4n) is 3.48. The van der Waals surface area contributed by atoms with Crippen molar-refractivity contribution in [3.05, 3.63) is 71.5 Å². The number of methoxy groups -OCH3 is 2. The maximum absolute atomic E-state index is 5.46. The molecule has 0 aliphatic carbocycles. The van der Waals surface area contributed by atoms with Crippen LogP contribution in [0.4, 0.5) is 11.6 Å². The second kappa shape index (κ2) is 8.17. The van der Waals surface area contributed by atoms with Crippen LogP contribution in [0.5, 0.6) is 11.5 Å². The summed E-state index contributed by atoms with van der Waals surface area (Å²) in [7, 11) is 3.34. The first-order valence-corrected chi connectivity index (χ1v) is 9.35. The number of fused-ring (bicyclic) bond motifs is 1. The predicted octanol–water partition coefficient (Wildman–Crippen LogP) is 3.67. The molecule has 1 aliphatic heterocycles. The summed E-state index contributed by atoms with van der Waals surface area (Å²) in [5.74, 6) is 3.29. The van der Waals surface area contributed by atoms with E-state index in [-0.39, 0.29) is 0 Å². The lowest BCUT2D eigenvalue weighted by atomic mass is 9.99. The SMILES string of the molecule is COc1cc2c(cc1OC)CN(c1cc(NCc3ccccc3)ncn1)CC2. The van der Waals surface area contributed by atoms with Crippen molar-refractivity contribution in [1.29, 1.82) is 0 Å². The van der Waals surface area contributed by atoms with Crippen molar-refractivity contribution in [3.8, 4) is 11.5 Å². The van der Waals surface area contributed by atoms with Gasteiger partial charge in [-0.3, -0.25) is 0 Å². The molecule has 1 aromatic heterocycles. The molecular weight excluding hydrogens is 352 g/mol. The quantitative estimate of drug-likeness (QED) is 0.708. The Morgan fingerprint density at radius 1 is 0.964 bits per heavy atom. The highest BCUT2D eigenvalue weighted by atomic mass is 16.5. The molecule has 6 heteroatoms. The second-order valence-electron chi connectivity index (χ2n) is 6.75. The van der Waals surface area contributed by atoms with Crippen molar-refractivity contribution in [3.63, 3.8) is 0 Å². The van der Waals surface area contributed by atoms with Gasteiger partial charge in [-0.05, 0) is 35.2 Å². The van der Waals surface area contributed by atoms with Crippen LogP contribution in [0.15, 0.2) is 54.9 Å². The zero-order valence-corrected chi connectivity index (χ0v) is 16.2. The van der Waals surface area contributed by atoms with Gasteiger partial charge >= 0.3 is 0 Å². The fraction of sp³-hybridized carbons (Fsp3) is 0.273. The largest absolute Gasteiger partial charge is 0.493 e. The molecule has 0 amide bonds. The predicted molar refractivity (Wildman–Crippen MR) is 110 cm³/mol. The van der Waals surface area contributed by atoms with E-state index in [0.29, 0.717) is 0 Å². The van der Waals surface area contributed by atoms with E-state index in [0.717, 1.165) is 49.2 Å². The lowest BCUT2D eigenvalue weighted by Gasteiger charge is -2.30. The highest BCUT2D eigenvalue weighted by Crippen LogP contribution is 2.34. The van der Waals surface area contributed by atoms with Gasteiger partial charge in [0.05, 0.1) is 14.2 Å². The third-order valence-electron chi connectivity index (χ3n) is 5.01. The number of benzene rings is 2. The summed E-state index contributed by atoms with van der Waals surface area (Å²) in [6, 6.07) is 16.4. The molecule has 6 nitrogen and oxygen atoms in total. The van der Waals surface area contributed by atoms with E-state index in [1.165, 1.54) is 16.7 Å². The number of rotatable bonds is 6. The highest BCUT2D eigenvalue weighted by Gasteiger charge is 2.20. The Hall–Kier alpha value is -3.28. The van der Waals surface area contributed by atoms with Crippen LogP contribution in [-0.2, 0) is 19.5 Å². The summed E-state index contributed by atoms with van der Waals surface area (Å²) in [5, 5.41) is 3.38. The summed E-state index contributed by atoms with van der Waals surface area (Å²) in [5.41, 5.74) is 3.75. The Morgan fingerprint density at radius 3 is 2.46 bits per heavy atom. The van der Waals surface area contributed by atoms with Crippen LogP contribution in [0, 0.1) is 0 Å². The monoisotopic (exact) mass is 376 g/mol. The lowest BCUT2D eigenvalue weighted by Crippen LogP contribution is -2.31. The van der Waals surface area contributed by atoms with Crippen molar-refractivity contribution in [2.75, 3.05) is 31.0 Å². The third-order valence-corrected chi connectivity index (χ3v) is 5.01. The highest BCUT2D eigenvalue weighted by molar-refractivity contribution is 5.54. The first-order chi connectivity index (χ1) is 13.8. The van der Waals surface area contributed by atoms with Crippen LogP contribution in [0.2, 0.25) is 0 Å². The summed E-state index contributed by atoms with van der Waals surface area (Å²) in [4.78, 5) is 11.1. The van der Waals surface area contributed by atoms with Crippen LogP contribution in [0.3, 0.4) is 0 Å². The van der Waals surface area contributed by atoms with Crippen molar-refractivity contribution in [1.82, 2.24) is 9.97 Å². The van der Waals surface area contributed by atoms with Gasteiger partial charge in [-0.15, -0.1) is 0 Å². The van der Waals surface area contributed by atoms with Gasteiger partial charge in [-0.1, -0.05) is 30.3 Å². The Kier molecular flexibility index (Phi) is 5.28. The number of hydrogen-bond acceptors (Lipinski definition) is 6. The first kappa shape index (κ1) is 18.1. The van der Waals surface area contributed by atoms with Crippen LogP contribution >= 0.6 is 0 Å². The van der Waals surface area contributed by atoms with Gasteiger partial charge in [-0.25, -0.2) is 9.97 Å². The zero-order chi connectivity index (χ0) is 19.3. The molecule has 0 atom stereocenters. The van der Waals surface area contributed by atoms with Gasteiger partial charge in [0.15, 0.2) is 11.5 Å². The van der Waals surface area contributed by atoms with Crippen molar-refractivity contribution < 1.29 is 9.47 Å². The Morgan fingerprint density at radius 2 is 1.71 bits per heavy atom. The first-order valence-electron chi connectivity index (χ1n) is 9.35. The molecule has 0 unspecified atom stereocenters. The number of nitrogens with zero attached hydrogens (tertiary/aromatic N) is 3. The number of anilines is 2. The van der Waals surface area contributed by atoms with Crippen molar-refractivity contribution in [2.45, 2.75) is 19.5 Å². The third kappa shape index (κ3) is 3.86. The fourth-order valence-corrected chi connectivity index (χ4v) is 3.48. The van der Waals surface area contributed by atoms with Crippen LogP contribution < -0.4 is 19.7 Å². The molecule has 0 radical (unpaired) electrons. The van der Waals surface area contributed by atoms with Gasteiger partial charge in [0.25, 0.3) is 0 Å². The van der Waals surface area contributed by atoms with Gasteiger partial charge in [-0.2, -0.15) is 0 Å². The summed E-state index contributed by atoms with van der Waals surface area (Å²) in [6.07, 6.45) is 2.55. The lowest BCUT2D eigenvalue weighted by molar-refractivity contribution is 0.353. The van der Waals surface area contributed by atoms with E-state index in [9.17, 15) is 0 Å². The molecule has 0 fully saturated rings. The van der Waals surface area contributed by atoms with Gasteiger partial charge in [0.2, 0.25) is 0 Å². The van der Waals surface area contributed by atoms with Gasteiger partial charge < -0.3 is 19.7 Å². The molecule has 0 saturated carbocycles. The minimum atomic E-state index is 0.733. The maximum atomic E-state index is 5.46. The molecule has 4 rings (SSSR count). The van der Waals surface area contributed by atoms with E-state index >= 15 is 0 Å². The minimum Gasteiger partial charge on any atom is -0.493 e. The van der Waals surface area contributed by atoms with Crippen LogP contribution in [-0.4, -0.2) is 30.7 Å². The summed E-state index contributed by atoms with van der Waals surface area (Å²) >= 11 is 0. The molecule has 0 saturated heterocycles. The van der Waals surface area contributed by atoms with Gasteiger partial charge in [0.1, 0.15) is 18.0 Å². The van der Waals surface area contributed by atoms with E-state index in [1.54, 1.807) is 20.5 Å². The zero-order valence-electron chi connectivity index (χ0n) is 16.2. The van der Waals surface area contributed by atoms with E-state index in [4.69, 9.17) is 9.47 Å². The molecule has 3 aromatic rings. The molecule has 0 spiro atoms. The minimum absolute atomic E-state index is 0.733. The summed E-state index contributed by atoms with van der Waals surface area (Å²) < 4.78 is 10.9. The second-order valence-corrected chi connectivity index (χ2v) is 6.75. The average molecular weight is 376 g/mol. The molecule has 2 aromatic carbocycles. The normalized spacial score (nSPS) is 13.0. The van der Waals surface area contributed by atoms with Crippen LogP contribution in [0.25, 0.3) is 0 Å². The number of nitrogens with one attached hydrogen (secondary N) is 1. The number of hydrogen-bond donors (Lipinski definition) is 1. The number of aromatic nitrogens is 2.